The van der Waals surface area contributed by atoms with Crippen LogP contribution >= 0.6 is 0 Å². The van der Waals surface area contributed by atoms with Gasteiger partial charge in [0.05, 0.1) is 17.3 Å². The van der Waals surface area contributed by atoms with E-state index in [9.17, 15) is 19.2 Å². The first kappa shape index (κ1) is 21.2. The zero-order chi connectivity index (χ0) is 22.1. The van der Waals surface area contributed by atoms with Crippen molar-refractivity contribution in [2.75, 3.05) is 18.1 Å². The first-order valence-electron chi connectivity index (χ1n) is 9.68. The average Bonchev–Trinajstić information content (AvgIpc) is 3.08. The second-order valence-corrected chi connectivity index (χ2v) is 7.31. The highest BCUT2D eigenvalue weighted by Gasteiger charge is 2.61. The van der Waals surface area contributed by atoms with Gasteiger partial charge in [-0.05, 0) is 25.5 Å². The summed E-state index contributed by atoms with van der Waals surface area (Å²) in [6.45, 7) is 2.68. The molecule has 0 unspecified atom stereocenters. The van der Waals surface area contributed by atoms with Crippen molar-refractivity contribution < 1.29 is 23.9 Å². The number of nitriles is 1. The molecule has 9 nitrogen and oxygen atoms in total. The SMILES string of the molecule is CCCN1C(=O)c2ccccc2N2C(=O)CC[C@]12C(=O)OCC(=O)[C@@H](C#N)C(C)=N. The van der Waals surface area contributed by atoms with E-state index in [2.05, 4.69) is 0 Å². The minimum atomic E-state index is -1.67. The summed E-state index contributed by atoms with van der Waals surface area (Å²) in [6, 6.07) is 8.29. The van der Waals surface area contributed by atoms with E-state index in [1.165, 1.54) is 16.7 Å². The Morgan fingerprint density at radius 3 is 2.67 bits per heavy atom. The van der Waals surface area contributed by atoms with Crippen LogP contribution in [0.3, 0.4) is 0 Å². The van der Waals surface area contributed by atoms with Gasteiger partial charge in [-0.15, -0.1) is 0 Å². The average molecular weight is 410 g/mol. The number of Topliss-reactive ketones (excluding diaryl/α,β-unsaturated/α-hetero) is 1. The van der Waals surface area contributed by atoms with Crippen LogP contribution in [0, 0.1) is 22.7 Å². The predicted octanol–water partition coefficient (Wildman–Crippen LogP) is 1.67. The normalized spacial score (nSPS) is 20.8. The number of anilines is 1. The Hall–Kier alpha value is -3.54. The van der Waals surface area contributed by atoms with Gasteiger partial charge in [-0.3, -0.25) is 19.3 Å². The second-order valence-electron chi connectivity index (χ2n) is 7.31. The molecular weight excluding hydrogens is 388 g/mol. The van der Waals surface area contributed by atoms with Crippen molar-refractivity contribution in [3.05, 3.63) is 29.8 Å². The summed E-state index contributed by atoms with van der Waals surface area (Å²) in [4.78, 5) is 54.1. The number of ether oxygens (including phenoxy) is 1. The molecule has 1 N–H and O–H groups in total. The van der Waals surface area contributed by atoms with E-state index in [0.29, 0.717) is 17.7 Å². The Kier molecular flexibility index (Phi) is 5.69. The molecule has 30 heavy (non-hydrogen) atoms. The summed E-state index contributed by atoms with van der Waals surface area (Å²) < 4.78 is 5.25. The highest BCUT2D eigenvalue weighted by Crippen LogP contribution is 2.45. The van der Waals surface area contributed by atoms with Crippen molar-refractivity contribution in [3.8, 4) is 6.07 Å². The lowest BCUT2D eigenvalue weighted by Gasteiger charge is -2.48. The second kappa shape index (κ2) is 8.06. The van der Waals surface area contributed by atoms with Crippen LogP contribution in [-0.4, -0.2) is 53.0 Å². The predicted molar refractivity (Wildman–Crippen MR) is 106 cm³/mol. The first-order chi connectivity index (χ1) is 14.3. The van der Waals surface area contributed by atoms with Crippen molar-refractivity contribution in [1.82, 2.24) is 4.90 Å². The highest BCUT2D eigenvalue weighted by molar-refractivity contribution is 6.15. The van der Waals surface area contributed by atoms with Crippen LogP contribution in [0.15, 0.2) is 24.3 Å². The van der Waals surface area contributed by atoms with E-state index in [4.69, 9.17) is 15.4 Å². The molecule has 156 valence electrons. The molecule has 1 aromatic carbocycles. The van der Waals surface area contributed by atoms with Gasteiger partial charge in [0.2, 0.25) is 11.6 Å². The number of carbonyl (C=O) groups excluding carboxylic acids is 4. The van der Waals surface area contributed by atoms with Crippen LogP contribution in [-0.2, 0) is 19.1 Å². The Bertz CT molecular complexity index is 982. The maximum absolute atomic E-state index is 13.3. The maximum atomic E-state index is 13.3. The molecule has 2 atom stereocenters. The van der Waals surface area contributed by atoms with Gasteiger partial charge in [0.25, 0.3) is 5.91 Å². The van der Waals surface area contributed by atoms with Gasteiger partial charge in [-0.2, -0.15) is 5.26 Å². The molecule has 9 heteroatoms. The molecule has 2 aliphatic rings. The van der Waals surface area contributed by atoms with Crippen LogP contribution in [0.25, 0.3) is 0 Å². The van der Waals surface area contributed by atoms with Crippen molar-refractivity contribution in [1.29, 1.82) is 10.7 Å². The van der Waals surface area contributed by atoms with Gasteiger partial charge >= 0.3 is 5.97 Å². The summed E-state index contributed by atoms with van der Waals surface area (Å²) in [6.07, 6.45) is 0.642. The molecule has 2 amide bonds. The molecule has 2 aliphatic heterocycles. The van der Waals surface area contributed by atoms with Crippen molar-refractivity contribution in [2.24, 2.45) is 5.92 Å². The van der Waals surface area contributed by atoms with Gasteiger partial charge in [0.1, 0.15) is 5.92 Å². The number of nitrogens with zero attached hydrogens (tertiary/aromatic N) is 3. The third-order valence-electron chi connectivity index (χ3n) is 5.38. The smallest absolute Gasteiger partial charge is 0.354 e. The quantitative estimate of drug-likeness (QED) is 0.537. The number of esters is 1. The van der Waals surface area contributed by atoms with E-state index in [1.54, 1.807) is 30.3 Å². The minimum absolute atomic E-state index is 0.0458. The number of hydrogen-bond donors (Lipinski definition) is 1. The van der Waals surface area contributed by atoms with Gasteiger partial charge in [0, 0.05) is 25.1 Å². The molecule has 2 heterocycles. The van der Waals surface area contributed by atoms with Gasteiger partial charge in [0.15, 0.2) is 12.4 Å². The molecule has 0 spiro atoms. The summed E-state index contributed by atoms with van der Waals surface area (Å²) in [7, 11) is 0. The lowest BCUT2D eigenvalue weighted by molar-refractivity contribution is -0.159. The summed E-state index contributed by atoms with van der Waals surface area (Å²) in [5.74, 6) is -3.62. The van der Waals surface area contributed by atoms with Crippen molar-refractivity contribution >= 4 is 35.0 Å². The largest absolute Gasteiger partial charge is 0.454 e. The molecule has 3 rings (SSSR count). The van der Waals surface area contributed by atoms with E-state index >= 15 is 0 Å². The number of rotatable bonds is 7. The fourth-order valence-corrected chi connectivity index (χ4v) is 4.02. The van der Waals surface area contributed by atoms with Crippen LogP contribution in [0.1, 0.15) is 43.5 Å². The molecular formula is C21H22N4O5. The number of para-hydroxylation sites is 1. The fourth-order valence-electron chi connectivity index (χ4n) is 4.02. The maximum Gasteiger partial charge on any atom is 0.354 e. The summed E-state index contributed by atoms with van der Waals surface area (Å²) >= 11 is 0. The topological polar surface area (TPSA) is 132 Å². The Labute approximate surface area is 173 Å². The standard InChI is InChI=1S/C21H22N4O5/c1-3-10-24-19(28)14-6-4-5-7-16(14)25-18(27)8-9-21(24,25)20(29)30-12-17(26)15(11-22)13(2)23/h4-7,15,23H,3,8-10,12H2,1-2H3/t15-,21-/m0/s1. The number of nitrogens with one attached hydrogen (secondary N) is 1. The third-order valence-corrected chi connectivity index (χ3v) is 5.38. The summed E-state index contributed by atoms with van der Waals surface area (Å²) in [5.41, 5.74) is -1.15. The van der Waals surface area contributed by atoms with E-state index in [0.717, 1.165) is 0 Å². The molecule has 0 bridgehead atoms. The van der Waals surface area contributed by atoms with Crippen LogP contribution in [0.5, 0.6) is 0 Å². The zero-order valence-electron chi connectivity index (χ0n) is 16.8. The first-order valence-corrected chi connectivity index (χ1v) is 9.68. The third kappa shape index (κ3) is 3.14. The molecule has 0 aromatic heterocycles. The lowest BCUT2D eigenvalue weighted by atomic mass is 9.96. The lowest BCUT2D eigenvalue weighted by Crippen LogP contribution is -2.68. The van der Waals surface area contributed by atoms with E-state index in [-0.39, 0.29) is 36.9 Å². The molecule has 0 aliphatic carbocycles. The van der Waals surface area contributed by atoms with Crippen molar-refractivity contribution in [2.45, 2.75) is 38.8 Å². The van der Waals surface area contributed by atoms with Crippen LogP contribution in [0.2, 0.25) is 0 Å². The Balaban J connectivity index is 1.99. The monoisotopic (exact) mass is 410 g/mol. The number of carbonyl (C=O) groups is 4. The van der Waals surface area contributed by atoms with Crippen LogP contribution < -0.4 is 4.90 Å². The van der Waals surface area contributed by atoms with E-state index < -0.39 is 29.9 Å². The number of hydrogen-bond acceptors (Lipinski definition) is 7. The van der Waals surface area contributed by atoms with Crippen molar-refractivity contribution in [3.63, 3.8) is 0 Å². The molecule has 1 aromatic rings. The van der Waals surface area contributed by atoms with Crippen LogP contribution in [0.4, 0.5) is 5.69 Å². The minimum Gasteiger partial charge on any atom is -0.454 e. The summed E-state index contributed by atoms with van der Waals surface area (Å²) in [5, 5.41) is 16.6. The Morgan fingerprint density at radius 1 is 1.33 bits per heavy atom. The highest BCUT2D eigenvalue weighted by atomic mass is 16.5. The number of ketones is 1. The van der Waals surface area contributed by atoms with E-state index in [1.807, 2.05) is 6.92 Å². The van der Waals surface area contributed by atoms with Gasteiger partial charge in [-0.25, -0.2) is 4.79 Å². The van der Waals surface area contributed by atoms with Gasteiger partial charge in [-0.1, -0.05) is 19.1 Å². The molecule has 1 saturated heterocycles. The number of amides is 2. The Morgan fingerprint density at radius 2 is 2.03 bits per heavy atom. The number of fused-ring (bicyclic) bond motifs is 3. The molecule has 0 radical (unpaired) electrons. The zero-order valence-corrected chi connectivity index (χ0v) is 16.8. The number of benzene rings is 1. The van der Waals surface area contributed by atoms with Gasteiger partial charge < -0.3 is 15.0 Å². The molecule has 1 fully saturated rings. The molecule has 0 saturated carbocycles. The fraction of sp³-hybridized carbons (Fsp3) is 0.429.